The summed E-state index contributed by atoms with van der Waals surface area (Å²) in [5, 5.41) is 2.72. The normalized spacial score (nSPS) is 10.1. The first kappa shape index (κ1) is 10.3. The summed E-state index contributed by atoms with van der Waals surface area (Å²) in [5.74, 6) is -0.232. The van der Waals surface area contributed by atoms with E-state index in [2.05, 4.69) is 5.32 Å². The van der Waals surface area contributed by atoms with Gasteiger partial charge in [0.15, 0.2) is 0 Å². The summed E-state index contributed by atoms with van der Waals surface area (Å²) in [7, 11) is 0. The fourth-order valence-corrected chi connectivity index (χ4v) is 1.38. The van der Waals surface area contributed by atoms with Crippen LogP contribution in [0.15, 0.2) is 41.2 Å². The van der Waals surface area contributed by atoms with Crippen LogP contribution in [0.3, 0.4) is 0 Å². The van der Waals surface area contributed by atoms with Crippen LogP contribution in [0.4, 0.5) is 11.4 Å². The lowest BCUT2D eigenvalue weighted by molar-refractivity contribution is 0.102. The number of nitrogens with two attached hydrogens (primary N) is 1. The molecule has 0 radical (unpaired) electrons. The minimum Gasteiger partial charge on any atom is -0.472 e. The number of hydrogen-bond acceptors (Lipinski definition) is 3. The molecule has 0 saturated heterocycles. The Labute approximate surface area is 93.1 Å². The maximum absolute atomic E-state index is 11.7. The molecule has 0 bridgehead atoms. The molecule has 2 aromatic rings. The van der Waals surface area contributed by atoms with Crippen LogP contribution in [-0.4, -0.2) is 5.91 Å². The highest BCUT2D eigenvalue weighted by Crippen LogP contribution is 2.20. The zero-order chi connectivity index (χ0) is 11.5. The number of nitrogen functional groups attached to an aromatic ring is 1. The maximum Gasteiger partial charge on any atom is 0.258 e. The van der Waals surface area contributed by atoms with Gasteiger partial charge in [-0.15, -0.1) is 0 Å². The Balaban J connectivity index is 2.18. The molecule has 2 rings (SSSR count). The second kappa shape index (κ2) is 4.10. The Bertz CT molecular complexity index is 504. The van der Waals surface area contributed by atoms with Crippen LogP contribution in [0.25, 0.3) is 0 Å². The number of rotatable bonds is 2. The van der Waals surface area contributed by atoms with Crippen molar-refractivity contribution in [1.29, 1.82) is 0 Å². The molecule has 1 amide bonds. The number of benzene rings is 1. The molecule has 0 aliphatic carbocycles. The molecule has 0 atom stereocenters. The van der Waals surface area contributed by atoms with Gasteiger partial charge in [0, 0.05) is 0 Å². The molecule has 4 heteroatoms. The lowest BCUT2D eigenvalue weighted by atomic mass is 10.2. The highest BCUT2D eigenvalue weighted by Gasteiger charge is 2.08. The van der Waals surface area contributed by atoms with E-state index in [4.69, 9.17) is 10.2 Å². The molecule has 0 fully saturated rings. The molecule has 1 aromatic heterocycles. The lowest BCUT2D eigenvalue weighted by Gasteiger charge is -2.07. The fraction of sp³-hybridized carbons (Fsp3) is 0.0833. The second-order valence-corrected chi connectivity index (χ2v) is 3.56. The van der Waals surface area contributed by atoms with Crippen LogP contribution in [0.2, 0.25) is 0 Å². The van der Waals surface area contributed by atoms with E-state index in [0.717, 1.165) is 5.56 Å². The Hall–Kier alpha value is -2.23. The van der Waals surface area contributed by atoms with Crippen LogP contribution >= 0.6 is 0 Å². The van der Waals surface area contributed by atoms with Crippen molar-refractivity contribution < 1.29 is 9.21 Å². The number of amides is 1. The van der Waals surface area contributed by atoms with Crippen LogP contribution < -0.4 is 11.1 Å². The number of nitrogens with one attached hydrogen (secondary N) is 1. The largest absolute Gasteiger partial charge is 0.472 e. The number of carbonyl (C=O) groups is 1. The van der Waals surface area contributed by atoms with Crippen LogP contribution in [0.1, 0.15) is 15.9 Å². The Kier molecular flexibility index (Phi) is 2.64. The molecular weight excluding hydrogens is 204 g/mol. The van der Waals surface area contributed by atoms with Gasteiger partial charge in [-0.05, 0) is 30.7 Å². The molecular formula is C12H12N2O2. The summed E-state index contributed by atoms with van der Waals surface area (Å²) in [4.78, 5) is 11.7. The predicted molar refractivity (Wildman–Crippen MR) is 62.3 cm³/mol. The van der Waals surface area contributed by atoms with E-state index in [1.807, 2.05) is 19.1 Å². The van der Waals surface area contributed by atoms with E-state index < -0.39 is 0 Å². The average molecular weight is 216 g/mol. The highest BCUT2D eigenvalue weighted by molar-refractivity contribution is 6.05. The highest BCUT2D eigenvalue weighted by atomic mass is 16.3. The van der Waals surface area contributed by atoms with Crippen molar-refractivity contribution in [3.05, 3.63) is 47.9 Å². The van der Waals surface area contributed by atoms with E-state index in [0.29, 0.717) is 16.9 Å². The summed E-state index contributed by atoms with van der Waals surface area (Å²) in [6.45, 7) is 1.94. The van der Waals surface area contributed by atoms with Crippen molar-refractivity contribution in [3.63, 3.8) is 0 Å². The molecule has 1 aromatic carbocycles. The van der Waals surface area contributed by atoms with Gasteiger partial charge in [0.1, 0.15) is 6.26 Å². The summed E-state index contributed by atoms with van der Waals surface area (Å²) in [6.07, 6.45) is 2.84. The third-order valence-electron chi connectivity index (χ3n) is 2.24. The van der Waals surface area contributed by atoms with Gasteiger partial charge in [-0.1, -0.05) is 6.07 Å². The minimum atomic E-state index is -0.232. The molecule has 16 heavy (non-hydrogen) atoms. The molecule has 3 N–H and O–H groups in total. The molecule has 0 aliphatic heterocycles. The third-order valence-corrected chi connectivity index (χ3v) is 2.24. The maximum atomic E-state index is 11.7. The summed E-state index contributed by atoms with van der Waals surface area (Å²) in [6, 6.07) is 7.08. The van der Waals surface area contributed by atoms with E-state index in [1.165, 1.54) is 12.5 Å². The van der Waals surface area contributed by atoms with Crippen molar-refractivity contribution in [2.75, 3.05) is 11.1 Å². The number of aryl methyl sites for hydroxylation is 1. The number of furan rings is 1. The first-order chi connectivity index (χ1) is 7.66. The SMILES string of the molecule is Cc1ccc(NC(=O)c2ccoc2)c(N)c1. The minimum absolute atomic E-state index is 0.232. The molecule has 0 aliphatic rings. The van der Waals surface area contributed by atoms with Crippen molar-refractivity contribution in [3.8, 4) is 0 Å². The molecule has 82 valence electrons. The van der Waals surface area contributed by atoms with Crippen molar-refractivity contribution in [2.24, 2.45) is 0 Å². The third kappa shape index (κ3) is 2.06. The quantitative estimate of drug-likeness (QED) is 0.757. The van der Waals surface area contributed by atoms with Gasteiger partial charge in [-0.2, -0.15) is 0 Å². The van der Waals surface area contributed by atoms with Crippen LogP contribution in [0, 0.1) is 6.92 Å². The number of carbonyl (C=O) groups excluding carboxylic acids is 1. The summed E-state index contributed by atoms with van der Waals surface area (Å²) < 4.78 is 4.83. The Morgan fingerprint density at radius 2 is 2.19 bits per heavy atom. The van der Waals surface area contributed by atoms with E-state index in [-0.39, 0.29) is 5.91 Å². The van der Waals surface area contributed by atoms with Gasteiger partial charge in [0.05, 0.1) is 23.2 Å². The van der Waals surface area contributed by atoms with Gasteiger partial charge < -0.3 is 15.5 Å². The van der Waals surface area contributed by atoms with Crippen molar-refractivity contribution >= 4 is 17.3 Å². The number of hydrogen-bond donors (Lipinski definition) is 2. The van der Waals surface area contributed by atoms with E-state index >= 15 is 0 Å². The molecule has 0 spiro atoms. The molecule has 1 heterocycles. The van der Waals surface area contributed by atoms with Gasteiger partial charge in [0.2, 0.25) is 0 Å². The topological polar surface area (TPSA) is 68.3 Å². The van der Waals surface area contributed by atoms with Gasteiger partial charge in [-0.3, -0.25) is 4.79 Å². The van der Waals surface area contributed by atoms with Crippen molar-refractivity contribution in [1.82, 2.24) is 0 Å². The Morgan fingerprint density at radius 1 is 1.38 bits per heavy atom. The van der Waals surface area contributed by atoms with Crippen LogP contribution in [-0.2, 0) is 0 Å². The first-order valence-electron chi connectivity index (χ1n) is 4.86. The van der Waals surface area contributed by atoms with Gasteiger partial charge >= 0.3 is 0 Å². The lowest BCUT2D eigenvalue weighted by Crippen LogP contribution is -2.12. The monoisotopic (exact) mass is 216 g/mol. The molecule has 4 nitrogen and oxygen atoms in total. The van der Waals surface area contributed by atoms with E-state index in [9.17, 15) is 4.79 Å². The van der Waals surface area contributed by atoms with Crippen molar-refractivity contribution in [2.45, 2.75) is 6.92 Å². The zero-order valence-electron chi connectivity index (χ0n) is 8.86. The summed E-state index contributed by atoms with van der Waals surface area (Å²) in [5.41, 5.74) is 8.47. The smallest absolute Gasteiger partial charge is 0.258 e. The molecule has 0 unspecified atom stereocenters. The zero-order valence-corrected chi connectivity index (χ0v) is 8.86. The Morgan fingerprint density at radius 3 is 2.81 bits per heavy atom. The standard InChI is InChI=1S/C12H12N2O2/c1-8-2-3-11(10(13)6-8)14-12(15)9-4-5-16-7-9/h2-7H,13H2,1H3,(H,14,15). The first-order valence-corrected chi connectivity index (χ1v) is 4.86. The predicted octanol–water partition coefficient (Wildman–Crippen LogP) is 2.42. The number of anilines is 2. The van der Waals surface area contributed by atoms with Gasteiger partial charge in [0.25, 0.3) is 5.91 Å². The average Bonchev–Trinajstić information content (AvgIpc) is 2.75. The second-order valence-electron chi connectivity index (χ2n) is 3.56. The molecule has 0 saturated carbocycles. The van der Waals surface area contributed by atoms with Crippen LogP contribution in [0.5, 0.6) is 0 Å². The van der Waals surface area contributed by atoms with E-state index in [1.54, 1.807) is 12.1 Å². The van der Waals surface area contributed by atoms with Gasteiger partial charge in [-0.25, -0.2) is 0 Å². The fourth-order valence-electron chi connectivity index (χ4n) is 1.38. The summed E-state index contributed by atoms with van der Waals surface area (Å²) >= 11 is 0.